The van der Waals surface area contributed by atoms with E-state index < -0.39 is 16.0 Å². The molecule has 0 N–H and O–H groups in total. The number of hydrogen-bond donors (Lipinski definition) is 0. The van der Waals surface area contributed by atoms with E-state index in [1.54, 1.807) is 6.20 Å². The van der Waals surface area contributed by atoms with E-state index in [9.17, 15) is 13.2 Å². The molecule has 2 aromatic rings. The Hall–Kier alpha value is -2.29. The molecular formula is C18H21N3O4S. The Kier molecular flexibility index (Phi) is 5.65. The van der Waals surface area contributed by atoms with Crippen molar-refractivity contribution in [2.24, 2.45) is 0 Å². The number of esters is 1. The molecule has 0 atom stereocenters. The van der Waals surface area contributed by atoms with E-state index in [1.807, 2.05) is 18.2 Å². The first kappa shape index (κ1) is 18.5. The van der Waals surface area contributed by atoms with Crippen LogP contribution in [0.1, 0.15) is 16.1 Å². The number of rotatable bonds is 5. The molecule has 1 aliphatic rings. The summed E-state index contributed by atoms with van der Waals surface area (Å²) in [6.07, 6.45) is 1.76. The second kappa shape index (κ2) is 7.94. The average molecular weight is 375 g/mol. The monoisotopic (exact) mass is 375 g/mol. The number of sulfonamides is 1. The molecule has 7 nitrogen and oxygen atoms in total. The summed E-state index contributed by atoms with van der Waals surface area (Å²) >= 11 is 0. The summed E-state index contributed by atoms with van der Waals surface area (Å²) in [5, 5.41) is 0. The van der Waals surface area contributed by atoms with Crippen molar-refractivity contribution in [2.45, 2.75) is 11.4 Å². The number of hydrogen-bond acceptors (Lipinski definition) is 6. The van der Waals surface area contributed by atoms with E-state index in [4.69, 9.17) is 0 Å². The van der Waals surface area contributed by atoms with Gasteiger partial charge in [0.15, 0.2) is 0 Å². The van der Waals surface area contributed by atoms with Crippen LogP contribution in [0.3, 0.4) is 0 Å². The largest absolute Gasteiger partial charge is 0.465 e. The van der Waals surface area contributed by atoms with E-state index in [0.717, 1.165) is 5.69 Å². The van der Waals surface area contributed by atoms with Crippen molar-refractivity contribution in [3.05, 3.63) is 59.9 Å². The van der Waals surface area contributed by atoms with E-state index in [-0.39, 0.29) is 4.90 Å². The minimum absolute atomic E-state index is 0.184. The highest BCUT2D eigenvalue weighted by atomic mass is 32.2. The summed E-state index contributed by atoms with van der Waals surface area (Å²) in [6, 6.07) is 11.6. The number of nitrogens with zero attached hydrogens (tertiary/aromatic N) is 3. The lowest BCUT2D eigenvalue weighted by Crippen LogP contribution is -2.48. The molecule has 1 aliphatic heterocycles. The molecular weight excluding hydrogens is 354 g/mol. The number of carbonyl (C=O) groups is 1. The third-order valence-electron chi connectivity index (χ3n) is 4.36. The normalized spacial score (nSPS) is 16.3. The molecule has 0 amide bonds. The molecule has 2 heterocycles. The zero-order chi connectivity index (χ0) is 18.6. The molecule has 8 heteroatoms. The van der Waals surface area contributed by atoms with Crippen molar-refractivity contribution < 1.29 is 17.9 Å². The predicted octanol–water partition coefficient (Wildman–Crippen LogP) is 1.37. The van der Waals surface area contributed by atoms with Crippen LogP contribution in [0.25, 0.3) is 0 Å². The number of pyridine rings is 1. The van der Waals surface area contributed by atoms with Crippen LogP contribution in [0.15, 0.2) is 53.6 Å². The lowest BCUT2D eigenvalue weighted by Gasteiger charge is -2.33. The van der Waals surface area contributed by atoms with Crippen LogP contribution in [0.4, 0.5) is 0 Å². The second-order valence-corrected chi connectivity index (χ2v) is 7.96. The molecule has 3 rings (SSSR count). The van der Waals surface area contributed by atoms with Gasteiger partial charge in [-0.05, 0) is 36.4 Å². The SMILES string of the molecule is COC(=O)c1ccc(S(=O)(=O)N2CCN(Cc3ccccn3)CC2)cc1. The van der Waals surface area contributed by atoms with Crippen LogP contribution < -0.4 is 0 Å². The fourth-order valence-corrected chi connectivity index (χ4v) is 4.30. The molecule has 26 heavy (non-hydrogen) atoms. The molecule has 0 unspecified atom stereocenters. The van der Waals surface area contributed by atoms with Crippen LogP contribution >= 0.6 is 0 Å². The molecule has 0 aliphatic carbocycles. The van der Waals surface area contributed by atoms with Gasteiger partial charge in [0.05, 0.1) is 23.3 Å². The van der Waals surface area contributed by atoms with Gasteiger partial charge in [-0.2, -0.15) is 4.31 Å². The third kappa shape index (κ3) is 4.09. The summed E-state index contributed by atoms with van der Waals surface area (Å²) < 4.78 is 31.7. The zero-order valence-electron chi connectivity index (χ0n) is 14.5. The van der Waals surface area contributed by atoms with Gasteiger partial charge in [-0.25, -0.2) is 13.2 Å². The van der Waals surface area contributed by atoms with Crippen molar-refractivity contribution in [2.75, 3.05) is 33.3 Å². The van der Waals surface area contributed by atoms with E-state index in [2.05, 4.69) is 14.6 Å². The molecule has 1 aromatic heterocycles. The van der Waals surface area contributed by atoms with Gasteiger partial charge in [0.1, 0.15) is 0 Å². The van der Waals surface area contributed by atoms with Gasteiger partial charge < -0.3 is 4.74 Å². The van der Waals surface area contributed by atoms with Gasteiger partial charge in [0.2, 0.25) is 10.0 Å². The van der Waals surface area contributed by atoms with Crippen molar-refractivity contribution in [1.29, 1.82) is 0 Å². The number of piperazine rings is 1. The Morgan fingerprint density at radius 1 is 1.08 bits per heavy atom. The first-order chi connectivity index (χ1) is 12.5. The van der Waals surface area contributed by atoms with Crippen molar-refractivity contribution in [1.82, 2.24) is 14.2 Å². The second-order valence-electron chi connectivity index (χ2n) is 6.02. The highest BCUT2D eigenvalue weighted by molar-refractivity contribution is 7.89. The molecule has 0 spiro atoms. The van der Waals surface area contributed by atoms with Crippen molar-refractivity contribution in [3.8, 4) is 0 Å². The summed E-state index contributed by atoms with van der Waals surface area (Å²) in [7, 11) is -2.28. The minimum atomic E-state index is -3.57. The van der Waals surface area contributed by atoms with Gasteiger partial charge in [0.25, 0.3) is 0 Å². The molecule has 0 saturated carbocycles. The topological polar surface area (TPSA) is 79.8 Å². The van der Waals surface area contributed by atoms with Crippen molar-refractivity contribution in [3.63, 3.8) is 0 Å². The van der Waals surface area contributed by atoms with E-state index >= 15 is 0 Å². The number of benzene rings is 1. The predicted molar refractivity (Wildman–Crippen MR) is 96.1 cm³/mol. The lowest BCUT2D eigenvalue weighted by molar-refractivity contribution is 0.0600. The standard InChI is InChI=1S/C18H21N3O4S/c1-25-18(22)15-5-7-17(8-6-15)26(23,24)21-12-10-20(11-13-21)14-16-4-2-3-9-19-16/h2-9H,10-14H2,1H3. The van der Waals surface area contributed by atoms with Crippen LogP contribution in [-0.4, -0.2) is 61.9 Å². The Bertz CT molecular complexity index is 846. The van der Waals surface area contributed by atoms with E-state index in [0.29, 0.717) is 38.3 Å². The maximum atomic E-state index is 12.8. The first-order valence-electron chi connectivity index (χ1n) is 8.31. The van der Waals surface area contributed by atoms with Crippen molar-refractivity contribution >= 4 is 16.0 Å². The summed E-state index contributed by atoms with van der Waals surface area (Å²) in [6.45, 7) is 2.86. The van der Waals surface area contributed by atoms with Gasteiger partial charge in [-0.3, -0.25) is 9.88 Å². The maximum absolute atomic E-state index is 12.8. The molecule has 0 bridgehead atoms. The van der Waals surface area contributed by atoms with Gasteiger partial charge >= 0.3 is 5.97 Å². The fraction of sp³-hybridized carbons (Fsp3) is 0.333. The molecule has 1 aromatic carbocycles. The smallest absolute Gasteiger partial charge is 0.337 e. The lowest BCUT2D eigenvalue weighted by atomic mass is 10.2. The molecule has 1 saturated heterocycles. The number of carbonyl (C=O) groups excluding carboxylic acids is 1. The Morgan fingerprint density at radius 2 is 1.77 bits per heavy atom. The summed E-state index contributed by atoms with van der Waals surface area (Å²) in [5.74, 6) is -0.489. The molecule has 0 radical (unpaired) electrons. The summed E-state index contributed by atoms with van der Waals surface area (Å²) in [5.41, 5.74) is 1.30. The fourth-order valence-electron chi connectivity index (χ4n) is 2.88. The Labute approximate surface area is 153 Å². The average Bonchev–Trinajstić information content (AvgIpc) is 2.68. The quantitative estimate of drug-likeness (QED) is 0.735. The van der Waals surface area contributed by atoms with Crippen LogP contribution in [0.2, 0.25) is 0 Å². The van der Waals surface area contributed by atoms with E-state index in [1.165, 1.54) is 35.7 Å². The van der Waals surface area contributed by atoms with Gasteiger partial charge in [-0.15, -0.1) is 0 Å². The highest BCUT2D eigenvalue weighted by Gasteiger charge is 2.28. The Balaban J connectivity index is 1.63. The zero-order valence-corrected chi connectivity index (χ0v) is 15.4. The molecule has 1 fully saturated rings. The summed E-state index contributed by atoms with van der Waals surface area (Å²) in [4.78, 5) is 18.1. The van der Waals surface area contributed by atoms with Crippen LogP contribution in [0, 0.1) is 0 Å². The Morgan fingerprint density at radius 3 is 2.35 bits per heavy atom. The van der Waals surface area contributed by atoms with Crippen LogP contribution in [0.5, 0.6) is 0 Å². The third-order valence-corrected chi connectivity index (χ3v) is 6.27. The minimum Gasteiger partial charge on any atom is -0.465 e. The number of methoxy groups -OCH3 is 1. The highest BCUT2D eigenvalue weighted by Crippen LogP contribution is 2.19. The molecule has 138 valence electrons. The maximum Gasteiger partial charge on any atom is 0.337 e. The number of ether oxygens (including phenoxy) is 1. The van der Waals surface area contributed by atoms with Crippen LogP contribution in [-0.2, 0) is 21.3 Å². The number of aromatic nitrogens is 1. The van der Waals surface area contributed by atoms with Gasteiger partial charge in [-0.1, -0.05) is 6.07 Å². The van der Waals surface area contributed by atoms with Gasteiger partial charge in [0, 0.05) is 38.9 Å². The first-order valence-corrected chi connectivity index (χ1v) is 9.75.